The van der Waals surface area contributed by atoms with Gasteiger partial charge in [-0.05, 0) is 69.3 Å². The highest BCUT2D eigenvalue weighted by Gasteiger charge is 2.15. The molecule has 34 heavy (non-hydrogen) atoms. The lowest BCUT2D eigenvalue weighted by Crippen LogP contribution is -2.25. The maximum absolute atomic E-state index is 12.1. The molecule has 0 atom stereocenters. The molecule has 3 aromatic heterocycles. The zero-order valence-electron chi connectivity index (χ0n) is 19.0. The molecule has 0 spiro atoms. The van der Waals surface area contributed by atoms with E-state index in [0.29, 0.717) is 29.5 Å². The smallest absolute Gasteiger partial charge is 0.253 e. The van der Waals surface area contributed by atoms with Gasteiger partial charge in [-0.1, -0.05) is 6.07 Å². The third kappa shape index (κ3) is 4.75. The lowest BCUT2D eigenvalue weighted by atomic mass is 10.2. The van der Waals surface area contributed by atoms with E-state index in [9.17, 15) is 8.42 Å². The van der Waals surface area contributed by atoms with Crippen molar-refractivity contribution in [2.75, 3.05) is 37.3 Å². The molecule has 11 heteroatoms. The van der Waals surface area contributed by atoms with Crippen molar-refractivity contribution in [1.82, 2.24) is 28.7 Å². The first-order valence-corrected chi connectivity index (χ1v) is 13.0. The summed E-state index contributed by atoms with van der Waals surface area (Å²) in [6.07, 6.45) is 5.57. The molecule has 10 nitrogen and oxygen atoms in total. The zero-order valence-corrected chi connectivity index (χ0v) is 19.8. The first-order chi connectivity index (χ1) is 16.5. The summed E-state index contributed by atoms with van der Waals surface area (Å²) < 4.78 is 32.7. The highest BCUT2D eigenvalue weighted by atomic mass is 32.2. The van der Waals surface area contributed by atoms with E-state index in [4.69, 9.17) is 4.74 Å². The van der Waals surface area contributed by atoms with Gasteiger partial charge in [-0.3, -0.25) is 4.90 Å². The van der Waals surface area contributed by atoms with Crippen LogP contribution in [-0.2, 0) is 10.0 Å². The molecule has 0 unspecified atom stereocenters. The standard InChI is InChI=1S/C23H27N7O3S/c1-2-34(31,32)29-17-18(16-24-29)21-6-5-7-22-26-23(27-30(21)22)25-19-8-10-20(11-9-19)33-15-14-28-12-3-4-13-28/h5-11,16-17H,2-4,12-15H2,1H3,(H,25,27). The number of pyridine rings is 1. The van der Waals surface area contributed by atoms with Gasteiger partial charge in [0.1, 0.15) is 12.4 Å². The topological polar surface area (TPSA) is 107 Å². The van der Waals surface area contributed by atoms with E-state index in [-0.39, 0.29) is 5.75 Å². The van der Waals surface area contributed by atoms with Crippen LogP contribution in [0.1, 0.15) is 19.8 Å². The lowest BCUT2D eigenvalue weighted by Gasteiger charge is -2.15. The molecule has 1 fully saturated rings. The van der Waals surface area contributed by atoms with Gasteiger partial charge in [-0.2, -0.15) is 14.2 Å². The molecule has 1 aromatic carbocycles. The molecule has 4 aromatic rings. The van der Waals surface area contributed by atoms with Crippen LogP contribution in [0.5, 0.6) is 5.75 Å². The fourth-order valence-corrected chi connectivity index (χ4v) is 4.69. The van der Waals surface area contributed by atoms with Crippen molar-refractivity contribution in [2.24, 2.45) is 0 Å². The molecule has 5 rings (SSSR count). The number of nitrogens with zero attached hydrogens (tertiary/aromatic N) is 6. The van der Waals surface area contributed by atoms with Gasteiger partial charge in [-0.25, -0.2) is 12.9 Å². The van der Waals surface area contributed by atoms with Crippen LogP contribution in [-0.4, -0.2) is 69.1 Å². The molecule has 0 amide bonds. The van der Waals surface area contributed by atoms with E-state index in [1.54, 1.807) is 11.4 Å². The Balaban J connectivity index is 1.29. The highest BCUT2D eigenvalue weighted by molar-refractivity contribution is 7.89. The number of aromatic nitrogens is 5. The van der Waals surface area contributed by atoms with E-state index >= 15 is 0 Å². The third-order valence-electron chi connectivity index (χ3n) is 5.85. The molecular weight excluding hydrogens is 454 g/mol. The quantitative estimate of drug-likeness (QED) is 0.389. The Bertz CT molecular complexity index is 1370. The second kappa shape index (κ2) is 9.43. The monoisotopic (exact) mass is 481 g/mol. The van der Waals surface area contributed by atoms with Gasteiger partial charge in [0.05, 0.1) is 23.8 Å². The summed E-state index contributed by atoms with van der Waals surface area (Å²) in [6, 6.07) is 13.2. The Morgan fingerprint density at radius 1 is 1.09 bits per heavy atom. The molecule has 1 N–H and O–H groups in total. The van der Waals surface area contributed by atoms with Crippen LogP contribution in [0.2, 0.25) is 0 Å². The van der Waals surface area contributed by atoms with Crippen LogP contribution in [0.4, 0.5) is 11.6 Å². The van der Waals surface area contributed by atoms with E-state index in [1.165, 1.54) is 38.3 Å². The highest BCUT2D eigenvalue weighted by Crippen LogP contribution is 2.23. The zero-order chi connectivity index (χ0) is 23.5. The number of rotatable bonds is 9. The van der Waals surface area contributed by atoms with Gasteiger partial charge in [0, 0.05) is 17.8 Å². The van der Waals surface area contributed by atoms with Gasteiger partial charge in [0.25, 0.3) is 10.0 Å². The first-order valence-electron chi connectivity index (χ1n) is 11.4. The summed E-state index contributed by atoms with van der Waals surface area (Å²) in [6.45, 7) is 5.55. The van der Waals surface area contributed by atoms with Gasteiger partial charge < -0.3 is 10.1 Å². The number of likely N-dealkylation sites (tertiary alicyclic amines) is 1. The Kier molecular flexibility index (Phi) is 6.20. The molecular formula is C23H27N7O3S. The normalized spacial score (nSPS) is 14.6. The van der Waals surface area contributed by atoms with Crippen LogP contribution in [0, 0.1) is 0 Å². The summed E-state index contributed by atoms with van der Waals surface area (Å²) in [5, 5.41) is 11.8. The number of ether oxygens (including phenoxy) is 1. The van der Waals surface area contributed by atoms with E-state index < -0.39 is 10.0 Å². The summed E-state index contributed by atoms with van der Waals surface area (Å²) in [5.74, 6) is 1.23. The Morgan fingerprint density at radius 3 is 2.65 bits per heavy atom. The van der Waals surface area contributed by atoms with Gasteiger partial charge >= 0.3 is 0 Å². The average Bonchev–Trinajstić information content (AvgIpc) is 3.61. The van der Waals surface area contributed by atoms with E-state index in [1.807, 2.05) is 42.5 Å². The van der Waals surface area contributed by atoms with Crippen LogP contribution in [0.3, 0.4) is 0 Å². The lowest BCUT2D eigenvalue weighted by molar-refractivity contribution is 0.238. The molecule has 4 heterocycles. The van der Waals surface area contributed by atoms with Crippen LogP contribution >= 0.6 is 0 Å². The average molecular weight is 482 g/mol. The predicted octanol–water partition coefficient (Wildman–Crippen LogP) is 3.01. The Labute approximate surface area is 198 Å². The maximum Gasteiger partial charge on any atom is 0.253 e. The van der Waals surface area contributed by atoms with Gasteiger partial charge in [0.2, 0.25) is 5.95 Å². The van der Waals surface area contributed by atoms with E-state index in [0.717, 1.165) is 22.1 Å². The predicted molar refractivity (Wildman–Crippen MR) is 130 cm³/mol. The SMILES string of the molecule is CCS(=O)(=O)n1cc(-c2cccc3nc(Nc4ccc(OCCN5CCCC5)cc4)nn23)cn1. The van der Waals surface area contributed by atoms with Crippen LogP contribution in [0.15, 0.2) is 54.9 Å². The van der Waals surface area contributed by atoms with Crippen LogP contribution < -0.4 is 10.1 Å². The third-order valence-corrected chi connectivity index (χ3v) is 7.35. The fraction of sp³-hybridized carbons (Fsp3) is 0.348. The largest absolute Gasteiger partial charge is 0.492 e. The number of hydrogen-bond donors (Lipinski definition) is 1. The molecule has 0 saturated carbocycles. The molecule has 0 bridgehead atoms. The number of anilines is 2. The second-order valence-corrected chi connectivity index (χ2v) is 10.3. The molecule has 1 saturated heterocycles. The molecule has 178 valence electrons. The minimum Gasteiger partial charge on any atom is -0.492 e. The summed E-state index contributed by atoms with van der Waals surface area (Å²) >= 11 is 0. The van der Waals surface area contributed by atoms with Crippen LogP contribution in [0.25, 0.3) is 16.9 Å². The van der Waals surface area contributed by atoms with Crippen molar-refractivity contribution in [3.8, 4) is 17.0 Å². The van der Waals surface area contributed by atoms with Crippen molar-refractivity contribution in [3.05, 3.63) is 54.9 Å². The molecule has 1 aliphatic heterocycles. The minimum absolute atomic E-state index is 0.0298. The summed E-state index contributed by atoms with van der Waals surface area (Å²) in [5.41, 5.74) is 2.80. The minimum atomic E-state index is -3.45. The molecule has 0 aliphatic carbocycles. The number of hydrogen-bond acceptors (Lipinski definition) is 8. The Hall–Kier alpha value is -3.44. The van der Waals surface area contributed by atoms with Crippen molar-refractivity contribution >= 4 is 27.3 Å². The van der Waals surface area contributed by atoms with Crippen molar-refractivity contribution in [3.63, 3.8) is 0 Å². The number of benzene rings is 1. The van der Waals surface area contributed by atoms with Gasteiger partial charge in [0.15, 0.2) is 5.65 Å². The second-order valence-electron chi connectivity index (χ2n) is 8.17. The van der Waals surface area contributed by atoms with Crippen molar-refractivity contribution in [1.29, 1.82) is 0 Å². The van der Waals surface area contributed by atoms with Crippen molar-refractivity contribution in [2.45, 2.75) is 19.8 Å². The van der Waals surface area contributed by atoms with Gasteiger partial charge in [-0.15, -0.1) is 5.10 Å². The number of fused-ring (bicyclic) bond motifs is 1. The molecule has 0 radical (unpaired) electrons. The molecule has 1 aliphatic rings. The van der Waals surface area contributed by atoms with Crippen molar-refractivity contribution < 1.29 is 13.2 Å². The first kappa shape index (κ1) is 22.4. The summed E-state index contributed by atoms with van der Waals surface area (Å²) in [4.78, 5) is 6.96. The van der Waals surface area contributed by atoms with E-state index in [2.05, 4.69) is 25.4 Å². The number of nitrogens with one attached hydrogen (secondary N) is 1. The summed E-state index contributed by atoms with van der Waals surface area (Å²) in [7, 11) is -3.45. The fourth-order valence-electron chi connectivity index (χ4n) is 3.96. The maximum atomic E-state index is 12.1. The Morgan fingerprint density at radius 2 is 1.88 bits per heavy atom.